The smallest absolute Gasteiger partial charge is 0.238 e. The Morgan fingerprint density at radius 3 is 2.23 bits per heavy atom. The molecule has 0 aromatic heterocycles. The lowest BCUT2D eigenvalue weighted by Crippen LogP contribution is -2.48. The fraction of sp³-hybridized carbons (Fsp3) is 0.417. The zero-order valence-electron chi connectivity index (χ0n) is 18.3. The normalized spacial score (nSPS) is 15.1. The van der Waals surface area contributed by atoms with Crippen molar-refractivity contribution >= 4 is 17.4 Å². The highest BCUT2D eigenvalue weighted by molar-refractivity contribution is 5.94. The van der Waals surface area contributed by atoms with Crippen LogP contribution < -0.4 is 10.1 Å². The van der Waals surface area contributed by atoms with Crippen LogP contribution in [0, 0.1) is 13.8 Å². The molecule has 0 spiro atoms. The average molecular weight is 410 g/mol. The van der Waals surface area contributed by atoms with E-state index in [4.69, 9.17) is 4.74 Å². The number of benzene rings is 2. The number of hydrogen-bond acceptors (Lipinski definition) is 5. The summed E-state index contributed by atoms with van der Waals surface area (Å²) in [6.07, 6.45) is 0. The summed E-state index contributed by atoms with van der Waals surface area (Å²) in [4.78, 5) is 28.8. The topological polar surface area (TPSA) is 61.9 Å². The Morgan fingerprint density at radius 1 is 1.00 bits per heavy atom. The van der Waals surface area contributed by atoms with Crippen molar-refractivity contribution in [1.82, 2.24) is 9.80 Å². The van der Waals surface area contributed by atoms with Crippen LogP contribution in [-0.2, 0) is 11.3 Å². The number of nitrogens with one attached hydrogen (secondary N) is 1. The Bertz CT molecular complexity index is 898. The molecule has 1 N–H and O–H groups in total. The van der Waals surface area contributed by atoms with Crippen molar-refractivity contribution in [1.29, 1.82) is 0 Å². The van der Waals surface area contributed by atoms with Gasteiger partial charge in [-0.3, -0.25) is 19.4 Å². The summed E-state index contributed by atoms with van der Waals surface area (Å²) < 4.78 is 5.47. The van der Waals surface area contributed by atoms with Gasteiger partial charge in [-0.25, -0.2) is 0 Å². The molecule has 0 unspecified atom stereocenters. The molecule has 6 nitrogen and oxygen atoms in total. The minimum atomic E-state index is 0.0247. The monoisotopic (exact) mass is 409 g/mol. The maximum atomic E-state index is 12.5. The zero-order chi connectivity index (χ0) is 21.7. The van der Waals surface area contributed by atoms with E-state index in [1.165, 1.54) is 0 Å². The van der Waals surface area contributed by atoms with Gasteiger partial charge in [0.15, 0.2) is 5.78 Å². The number of anilines is 1. The predicted octanol–water partition coefficient (Wildman–Crippen LogP) is 3.27. The molecule has 0 aliphatic carbocycles. The van der Waals surface area contributed by atoms with Crippen LogP contribution in [0.15, 0.2) is 36.4 Å². The number of carbonyl (C=O) groups is 2. The lowest BCUT2D eigenvalue weighted by Gasteiger charge is -2.34. The van der Waals surface area contributed by atoms with Gasteiger partial charge >= 0.3 is 0 Å². The molecule has 3 rings (SSSR count). The van der Waals surface area contributed by atoms with Crippen LogP contribution in [-0.4, -0.2) is 61.3 Å². The summed E-state index contributed by atoms with van der Waals surface area (Å²) in [6, 6.07) is 11.6. The highest BCUT2D eigenvalue weighted by atomic mass is 16.5. The van der Waals surface area contributed by atoms with Crippen LogP contribution >= 0.6 is 0 Å². The van der Waals surface area contributed by atoms with Crippen molar-refractivity contribution in [3.05, 3.63) is 58.7 Å². The zero-order valence-corrected chi connectivity index (χ0v) is 18.3. The molecule has 1 aliphatic rings. The van der Waals surface area contributed by atoms with Gasteiger partial charge in [-0.2, -0.15) is 0 Å². The van der Waals surface area contributed by atoms with E-state index in [0.717, 1.165) is 60.9 Å². The number of amides is 1. The first-order valence-corrected chi connectivity index (χ1v) is 10.4. The lowest BCUT2D eigenvalue weighted by atomic mass is 10.1. The number of carbonyl (C=O) groups excluding carboxylic acids is 2. The fourth-order valence-electron chi connectivity index (χ4n) is 3.86. The lowest BCUT2D eigenvalue weighted by molar-refractivity contribution is -0.117. The van der Waals surface area contributed by atoms with E-state index in [1.807, 2.05) is 44.2 Å². The van der Waals surface area contributed by atoms with Crippen LogP contribution in [0.4, 0.5) is 5.69 Å². The number of para-hydroxylation sites is 1. The third kappa shape index (κ3) is 5.46. The van der Waals surface area contributed by atoms with Crippen LogP contribution in [0.1, 0.15) is 34.0 Å². The number of aryl methyl sites for hydroxylation is 2. The number of ketones is 1. The number of methoxy groups -OCH3 is 1. The predicted molar refractivity (Wildman–Crippen MR) is 119 cm³/mol. The van der Waals surface area contributed by atoms with Crippen LogP contribution in [0.5, 0.6) is 5.75 Å². The first kappa shape index (κ1) is 22.0. The van der Waals surface area contributed by atoms with Crippen LogP contribution in [0.2, 0.25) is 0 Å². The Hall–Kier alpha value is -2.70. The SMILES string of the molecule is COc1ccc(C(C)=O)cc1CN1CCN(CC(=O)Nc2c(C)cccc2C)CC1. The summed E-state index contributed by atoms with van der Waals surface area (Å²) in [7, 11) is 1.65. The van der Waals surface area contributed by atoms with Gasteiger partial charge in [0, 0.05) is 49.5 Å². The molecular weight excluding hydrogens is 378 g/mol. The van der Waals surface area contributed by atoms with E-state index >= 15 is 0 Å². The molecule has 1 saturated heterocycles. The maximum Gasteiger partial charge on any atom is 0.238 e. The maximum absolute atomic E-state index is 12.5. The van der Waals surface area contributed by atoms with E-state index in [9.17, 15) is 9.59 Å². The van der Waals surface area contributed by atoms with Gasteiger partial charge in [0.2, 0.25) is 5.91 Å². The fourth-order valence-corrected chi connectivity index (χ4v) is 3.86. The van der Waals surface area contributed by atoms with Gasteiger partial charge in [0.1, 0.15) is 5.75 Å². The molecule has 1 aliphatic heterocycles. The summed E-state index contributed by atoms with van der Waals surface area (Å²) in [5, 5.41) is 3.07. The van der Waals surface area contributed by atoms with Gasteiger partial charge in [-0.15, -0.1) is 0 Å². The minimum absolute atomic E-state index is 0.0247. The second-order valence-electron chi connectivity index (χ2n) is 7.95. The molecule has 6 heteroatoms. The van der Waals surface area contributed by atoms with Crippen molar-refractivity contribution in [2.24, 2.45) is 0 Å². The van der Waals surface area contributed by atoms with Gasteiger partial charge in [0.05, 0.1) is 13.7 Å². The van der Waals surface area contributed by atoms with E-state index in [2.05, 4.69) is 15.1 Å². The Labute approximate surface area is 178 Å². The average Bonchev–Trinajstić information content (AvgIpc) is 2.72. The molecule has 0 saturated carbocycles. The highest BCUT2D eigenvalue weighted by Gasteiger charge is 2.21. The third-order valence-electron chi connectivity index (χ3n) is 5.66. The molecule has 1 amide bonds. The number of Topliss-reactive ketones (excluding diaryl/α,β-unsaturated/α-hetero) is 1. The van der Waals surface area contributed by atoms with E-state index in [1.54, 1.807) is 20.1 Å². The van der Waals surface area contributed by atoms with Gasteiger partial charge < -0.3 is 10.1 Å². The molecule has 0 atom stereocenters. The van der Waals surface area contributed by atoms with E-state index in [-0.39, 0.29) is 11.7 Å². The summed E-state index contributed by atoms with van der Waals surface area (Å²) in [5.41, 5.74) is 4.79. The molecule has 1 fully saturated rings. The quantitative estimate of drug-likeness (QED) is 0.711. The molecule has 2 aromatic rings. The standard InChI is InChI=1S/C24H31N3O3/c1-17-6-5-7-18(2)24(17)25-23(29)16-27-12-10-26(11-13-27)15-21-14-20(19(3)28)8-9-22(21)30-4/h5-9,14H,10-13,15-16H2,1-4H3,(H,25,29). The molecule has 30 heavy (non-hydrogen) atoms. The van der Waals surface area contributed by atoms with Gasteiger partial charge in [0.25, 0.3) is 0 Å². The Morgan fingerprint density at radius 2 is 1.63 bits per heavy atom. The summed E-state index contributed by atoms with van der Waals surface area (Å²) >= 11 is 0. The third-order valence-corrected chi connectivity index (χ3v) is 5.66. The summed E-state index contributed by atoms with van der Waals surface area (Å²) in [6.45, 7) is 10.1. The number of hydrogen-bond donors (Lipinski definition) is 1. The summed E-state index contributed by atoms with van der Waals surface area (Å²) in [5.74, 6) is 0.880. The highest BCUT2D eigenvalue weighted by Crippen LogP contribution is 2.23. The number of rotatable bonds is 7. The van der Waals surface area contributed by atoms with Gasteiger partial charge in [-0.05, 0) is 50.1 Å². The van der Waals surface area contributed by atoms with Crippen LogP contribution in [0.3, 0.4) is 0 Å². The Balaban J connectivity index is 1.53. The minimum Gasteiger partial charge on any atom is -0.496 e. The number of piperazine rings is 1. The van der Waals surface area contributed by atoms with Crippen molar-refractivity contribution in [3.63, 3.8) is 0 Å². The van der Waals surface area contributed by atoms with Crippen molar-refractivity contribution in [2.45, 2.75) is 27.3 Å². The van der Waals surface area contributed by atoms with Crippen LogP contribution in [0.25, 0.3) is 0 Å². The van der Waals surface area contributed by atoms with Gasteiger partial charge in [-0.1, -0.05) is 18.2 Å². The molecule has 0 bridgehead atoms. The molecule has 2 aromatic carbocycles. The first-order chi connectivity index (χ1) is 14.4. The Kier molecular flexibility index (Phi) is 7.24. The number of nitrogens with zero attached hydrogens (tertiary/aromatic N) is 2. The second kappa shape index (κ2) is 9.87. The van der Waals surface area contributed by atoms with E-state index < -0.39 is 0 Å². The first-order valence-electron chi connectivity index (χ1n) is 10.4. The van der Waals surface area contributed by atoms with Crippen molar-refractivity contribution in [3.8, 4) is 5.75 Å². The van der Waals surface area contributed by atoms with E-state index in [0.29, 0.717) is 12.1 Å². The van der Waals surface area contributed by atoms with Crippen molar-refractivity contribution < 1.29 is 14.3 Å². The molecular formula is C24H31N3O3. The largest absolute Gasteiger partial charge is 0.496 e. The molecule has 1 heterocycles. The molecule has 0 radical (unpaired) electrons. The molecule has 160 valence electrons. The number of ether oxygens (including phenoxy) is 1. The van der Waals surface area contributed by atoms with Crippen molar-refractivity contribution in [2.75, 3.05) is 45.2 Å². The second-order valence-corrected chi connectivity index (χ2v) is 7.95.